The van der Waals surface area contributed by atoms with Crippen LogP contribution in [0.1, 0.15) is 39.4 Å². The highest BCUT2D eigenvalue weighted by Gasteiger charge is 2.29. The van der Waals surface area contributed by atoms with Crippen LogP contribution in [0.2, 0.25) is 0 Å². The Morgan fingerprint density at radius 2 is 2.00 bits per heavy atom. The van der Waals surface area contributed by atoms with Crippen molar-refractivity contribution in [2.75, 3.05) is 0 Å². The third-order valence-electron chi connectivity index (χ3n) is 2.09. The zero-order valence-corrected chi connectivity index (χ0v) is 8.16. The Hall–Kier alpha value is -1.19. The molecule has 0 atom stereocenters. The van der Waals surface area contributed by atoms with Crippen molar-refractivity contribution in [3.05, 3.63) is 5.76 Å². The molecule has 0 aliphatic carbocycles. The molecular formula is C9H15NO3. The van der Waals surface area contributed by atoms with Gasteiger partial charge in [0.15, 0.2) is 5.76 Å². The smallest absolute Gasteiger partial charge is 0.394 e. The van der Waals surface area contributed by atoms with Gasteiger partial charge in [-0.2, -0.15) is 0 Å². The van der Waals surface area contributed by atoms with E-state index in [0.29, 0.717) is 5.76 Å². The lowest BCUT2D eigenvalue weighted by Gasteiger charge is -2.20. The number of oxazole rings is 1. The largest absolute Gasteiger partial charge is 0.491 e. The number of rotatable bonds is 3. The lowest BCUT2D eigenvalue weighted by Crippen LogP contribution is -2.15. The van der Waals surface area contributed by atoms with Crippen molar-refractivity contribution in [2.24, 2.45) is 0 Å². The molecule has 74 valence electrons. The maximum absolute atomic E-state index is 9.33. The summed E-state index contributed by atoms with van der Waals surface area (Å²) in [7, 11) is 0. The van der Waals surface area contributed by atoms with Crippen LogP contribution in [0.25, 0.3) is 0 Å². The Balaban J connectivity index is 2.98. The second-order valence-corrected chi connectivity index (χ2v) is 3.78. The lowest BCUT2D eigenvalue weighted by molar-refractivity contribution is 0.269. The Labute approximate surface area is 77.2 Å². The summed E-state index contributed by atoms with van der Waals surface area (Å²) in [6, 6.07) is 0. The molecule has 0 saturated carbocycles. The van der Waals surface area contributed by atoms with Gasteiger partial charge in [0.2, 0.25) is 0 Å². The van der Waals surface area contributed by atoms with E-state index in [1.165, 1.54) is 0 Å². The van der Waals surface area contributed by atoms with Crippen LogP contribution in [0.5, 0.6) is 12.0 Å². The second kappa shape index (κ2) is 3.28. The normalized spacial score (nSPS) is 11.9. The average molecular weight is 185 g/mol. The predicted molar refractivity (Wildman–Crippen MR) is 47.8 cm³/mol. The van der Waals surface area contributed by atoms with Crippen molar-refractivity contribution in [2.45, 2.75) is 39.0 Å². The van der Waals surface area contributed by atoms with Gasteiger partial charge in [0.25, 0.3) is 5.88 Å². The molecule has 0 radical (unpaired) electrons. The third kappa shape index (κ3) is 1.94. The molecule has 0 spiro atoms. The Morgan fingerprint density at radius 1 is 1.38 bits per heavy atom. The van der Waals surface area contributed by atoms with Gasteiger partial charge in [0.1, 0.15) is 0 Å². The molecule has 0 unspecified atom stereocenters. The second-order valence-electron chi connectivity index (χ2n) is 3.78. The SMILES string of the molecule is CCCC(C)(C)c1oc(O)nc1O. The first-order valence-electron chi connectivity index (χ1n) is 4.36. The van der Waals surface area contributed by atoms with Gasteiger partial charge in [-0.25, -0.2) is 0 Å². The standard InChI is InChI=1S/C9H15NO3/c1-4-5-9(2,3)6-7(11)10-8(12)13-6/h11H,4-5H2,1-3H3,(H,10,12). The van der Waals surface area contributed by atoms with E-state index in [-0.39, 0.29) is 11.3 Å². The fraction of sp³-hybridized carbons (Fsp3) is 0.667. The van der Waals surface area contributed by atoms with E-state index in [2.05, 4.69) is 11.9 Å². The van der Waals surface area contributed by atoms with E-state index in [0.717, 1.165) is 12.8 Å². The Bertz CT molecular complexity index is 291. The Kier molecular flexibility index (Phi) is 2.50. The van der Waals surface area contributed by atoms with E-state index >= 15 is 0 Å². The maximum atomic E-state index is 9.33. The van der Waals surface area contributed by atoms with Gasteiger partial charge < -0.3 is 14.6 Å². The van der Waals surface area contributed by atoms with Crippen LogP contribution >= 0.6 is 0 Å². The fourth-order valence-corrected chi connectivity index (χ4v) is 1.48. The first-order chi connectivity index (χ1) is 5.97. The monoisotopic (exact) mass is 185 g/mol. The molecular weight excluding hydrogens is 170 g/mol. The van der Waals surface area contributed by atoms with Gasteiger partial charge in [-0.1, -0.05) is 27.2 Å². The first kappa shape index (κ1) is 9.89. The van der Waals surface area contributed by atoms with Crippen molar-refractivity contribution < 1.29 is 14.6 Å². The molecule has 0 amide bonds. The zero-order chi connectivity index (χ0) is 10.1. The van der Waals surface area contributed by atoms with Crippen LogP contribution < -0.4 is 0 Å². The van der Waals surface area contributed by atoms with Crippen LogP contribution in [-0.4, -0.2) is 15.2 Å². The van der Waals surface area contributed by atoms with Crippen LogP contribution in [-0.2, 0) is 5.41 Å². The fourth-order valence-electron chi connectivity index (χ4n) is 1.48. The van der Waals surface area contributed by atoms with Crippen LogP contribution in [0.4, 0.5) is 0 Å². The molecule has 13 heavy (non-hydrogen) atoms. The van der Waals surface area contributed by atoms with Gasteiger partial charge in [-0.05, 0) is 6.42 Å². The molecule has 4 nitrogen and oxygen atoms in total. The van der Waals surface area contributed by atoms with E-state index < -0.39 is 6.08 Å². The van der Waals surface area contributed by atoms with Gasteiger partial charge in [0.05, 0.1) is 0 Å². The van der Waals surface area contributed by atoms with Gasteiger partial charge in [-0.3, -0.25) is 0 Å². The summed E-state index contributed by atoms with van der Waals surface area (Å²) in [5, 5.41) is 18.3. The molecule has 0 aliphatic heterocycles. The molecule has 0 bridgehead atoms. The summed E-state index contributed by atoms with van der Waals surface area (Å²) >= 11 is 0. The molecule has 2 N–H and O–H groups in total. The zero-order valence-electron chi connectivity index (χ0n) is 8.16. The van der Waals surface area contributed by atoms with Crippen molar-refractivity contribution >= 4 is 0 Å². The molecule has 0 aromatic carbocycles. The van der Waals surface area contributed by atoms with Crippen molar-refractivity contribution in [1.29, 1.82) is 0 Å². The molecule has 1 aromatic rings. The van der Waals surface area contributed by atoms with Gasteiger partial charge in [-0.15, -0.1) is 4.98 Å². The maximum Gasteiger partial charge on any atom is 0.394 e. The van der Waals surface area contributed by atoms with E-state index in [9.17, 15) is 5.11 Å². The number of nitrogens with zero attached hydrogens (tertiary/aromatic N) is 1. The Morgan fingerprint density at radius 3 is 2.38 bits per heavy atom. The van der Waals surface area contributed by atoms with Gasteiger partial charge >= 0.3 is 6.08 Å². The molecule has 0 fully saturated rings. The highest BCUT2D eigenvalue weighted by atomic mass is 16.5. The van der Waals surface area contributed by atoms with Crippen LogP contribution in [0.15, 0.2) is 4.42 Å². The first-order valence-corrected chi connectivity index (χ1v) is 4.36. The molecule has 4 heteroatoms. The topological polar surface area (TPSA) is 66.5 Å². The molecule has 0 aliphatic rings. The molecule has 0 saturated heterocycles. The summed E-state index contributed by atoms with van der Waals surface area (Å²) in [6.45, 7) is 5.93. The summed E-state index contributed by atoms with van der Waals surface area (Å²) in [4.78, 5) is 3.40. The van der Waals surface area contributed by atoms with E-state index in [4.69, 9.17) is 9.52 Å². The predicted octanol–water partition coefficient (Wildman–Crippen LogP) is 2.16. The number of aromatic hydroxyl groups is 2. The quantitative estimate of drug-likeness (QED) is 0.757. The summed E-state index contributed by atoms with van der Waals surface area (Å²) in [5.74, 6) is 0.141. The van der Waals surface area contributed by atoms with Crippen molar-refractivity contribution in [3.63, 3.8) is 0 Å². The highest BCUT2D eigenvalue weighted by molar-refractivity contribution is 5.24. The van der Waals surface area contributed by atoms with E-state index in [1.807, 2.05) is 13.8 Å². The minimum absolute atomic E-state index is 0.212. The number of hydrogen-bond donors (Lipinski definition) is 2. The minimum atomic E-state index is -0.475. The summed E-state index contributed by atoms with van der Waals surface area (Å²) in [6.07, 6.45) is 1.37. The third-order valence-corrected chi connectivity index (χ3v) is 2.09. The van der Waals surface area contributed by atoms with Crippen molar-refractivity contribution in [3.8, 4) is 12.0 Å². The lowest BCUT2D eigenvalue weighted by atomic mass is 9.85. The number of aromatic nitrogens is 1. The molecule has 1 heterocycles. The highest BCUT2D eigenvalue weighted by Crippen LogP contribution is 2.36. The van der Waals surface area contributed by atoms with E-state index in [1.54, 1.807) is 0 Å². The number of hydrogen-bond acceptors (Lipinski definition) is 4. The van der Waals surface area contributed by atoms with Crippen LogP contribution in [0.3, 0.4) is 0 Å². The molecule has 1 rings (SSSR count). The summed E-state index contributed by atoms with van der Waals surface area (Å²) < 4.78 is 4.93. The average Bonchev–Trinajstić information content (AvgIpc) is 2.30. The van der Waals surface area contributed by atoms with Crippen molar-refractivity contribution in [1.82, 2.24) is 4.98 Å². The van der Waals surface area contributed by atoms with Crippen LogP contribution in [0, 0.1) is 0 Å². The van der Waals surface area contributed by atoms with Gasteiger partial charge in [0, 0.05) is 5.41 Å². The minimum Gasteiger partial charge on any atom is -0.491 e. The molecule has 1 aromatic heterocycles. The summed E-state index contributed by atoms with van der Waals surface area (Å²) in [5.41, 5.74) is -0.285.